The molecule has 0 bridgehead atoms. The van der Waals surface area contributed by atoms with Gasteiger partial charge in [0.15, 0.2) is 0 Å². The molecule has 2 nitrogen and oxygen atoms in total. The topological polar surface area (TPSA) is 25.8 Å². The fourth-order valence-electron chi connectivity index (χ4n) is 4.98. The van der Waals surface area contributed by atoms with Crippen LogP contribution in [0.25, 0.3) is 65.9 Å². The van der Waals surface area contributed by atoms with Crippen molar-refractivity contribution >= 4 is 59.3 Å². The lowest BCUT2D eigenvalue weighted by Gasteiger charge is -2.13. The largest absolute Gasteiger partial charge is 0.248 e. The second kappa shape index (κ2) is 8.00. The van der Waals surface area contributed by atoms with Gasteiger partial charge < -0.3 is 0 Å². The molecule has 0 radical (unpaired) electrons. The fourth-order valence-corrected chi connectivity index (χ4v) is 5.25. The fraction of sp³-hybridized carbons (Fsp3) is 0. The van der Waals surface area contributed by atoms with Crippen molar-refractivity contribution in [3.8, 4) is 22.5 Å². The van der Waals surface area contributed by atoms with E-state index in [0.717, 1.165) is 54.2 Å². The smallest absolute Gasteiger partial charge is 0.0794 e. The summed E-state index contributed by atoms with van der Waals surface area (Å²) in [5, 5.41) is 7.06. The average molecular weight is 511 g/mol. The molecular formula is C32H19BrN2. The molecule has 164 valence electrons. The lowest BCUT2D eigenvalue weighted by Crippen LogP contribution is -1.93. The molecule has 0 saturated heterocycles. The van der Waals surface area contributed by atoms with Crippen molar-refractivity contribution in [1.29, 1.82) is 0 Å². The number of rotatable bonds is 2. The molecule has 7 aromatic rings. The Morgan fingerprint density at radius 3 is 2.09 bits per heavy atom. The SMILES string of the molecule is Brc1ccc(-c2nc3ccccc3c3ccc4nc(-c5ccc6ccccc6c5)ccc4c23)cc1. The van der Waals surface area contributed by atoms with E-state index in [-0.39, 0.29) is 0 Å². The van der Waals surface area contributed by atoms with Crippen LogP contribution in [0.5, 0.6) is 0 Å². The molecular weight excluding hydrogens is 492 g/mol. The second-order valence-corrected chi connectivity index (χ2v) is 9.71. The van der Waals surface area contributed by atoms with E-state index < -0.39 is 0 Å². The highest BCUT2D eigenvalue weighted by atomic mass is 79.9. The van der Waals surface area contributed by atoms with Crippen molar-refractivity contribution in [3.05, 3.63) is 120 Å². The molecule has 0 aliphatic rings. The van der Waals surface area contributed by atoms with Gasteiger partial charge in [-0.2, -0.15) is 0 Å². The Morgan fingerprint density at radius 1 is 0.486 bits per heavy atom. The first-order valence-corrected chi connectivity index (χ1v) is 12.4. The summed E-state index contributed by atoms with van der Waals surface area (Å²) in [6, 6.07) is 40.4. The van der Waals surface area contributed by atoms with Gasteiger partial charge in [-0.05, 0) is 58.6 Å². The Balaban J connectivity index is 1.51. The van der Waals surface area contributed by atoms with Crippen molar-refractivity contribution < 1.29 is 0 Å². The van der Waals surface area contributed by atoms with Gasteiger partial charge in [0.1, 0.15) is 0 Å². The van der Waals surface area contributed by atoms with Crippen LogP contribution in [-0.4, -0.2) is 9.97 Å². The summed E-state index contributed by atoms with van der Waals surface area (Å²) in [6.07, 6.45) is 0. The summed E-state index contributed by atoms with van der Waals surface area (Å²) in [6.45, 7) is 0. The maximum absolute atomic E-state index is 5.13. The van der Waals surface area contributed by atoms with Gasteiger partial charge in [-0.1, -0.05) is 88.7 Å². The predicted octanol–water partition coefficient (Wildman–Crippen LogP) is 9.19. The van der Waals surface area contributed by atoms with Crippen molar-refractivity contribution in [2.45, 2.75) is 0 Å². The van der Waals surface area contributed by atoms with Gasteiger partial charge in [-0.25, -0.2) is 9.97 Å². The van der Waals surface area contributed by atoms with Gasteiger partial charge in [0.05, 0.1) is 22.4 Å². The number of hydrogen-bond acceptors (Lipinski definition) is 2. The minimum absolute atomic E-state index is 0.971. The number of para-hydroxylation sites is 1. The van der Waals surface area contributed by atoms with Crippen LogP contribution in [-0.2, 0) is 0 Å². The molecule has 0 aliphatic heterocycles. The van der Waals surface area contributed by atoms with Gasteiger partial charge in [0.2, 0.25) is 0 Å². The molecule has 0 atom stereocenters. The third-order valence-electron chi connectivity index (χ3n) is 6.70. The van der Waals surface area contributed by atoms with Crippen LogP contribution < -0.4 is 0 Å². The van der Waals surface area contributed by atoms with Gasteiger partial charge >= 0.3 is 0 Å². The Morgan fingerprint density at radius 2 is 1.20 bits per heavy atom. The first kappa shape index (κ1) is 20.3. The molecule has 7 rings (SSSR count). The predicted molar refractivity (Wildman–Crippen MR) is 151 cm³/mol. The second-order valence-electron chi connectivity index (χ2n) is 8.80. The summed E-state index contributed by atoms with van der Waals surface area (Å²) >= 11 is 3.56. The number of halogens is 1. The van der Waals surface area contributed by atoms with Crippen LogP contribution in [0.1, 0.15) is 0 Å². The molecule has 0 unspecified atom stereocenters. The van der Waals surface area contributed by atoms with E-state index in [1.165, 1.54) is 16.2 Å². The zero-order valence-electron chi connectivity index (χ0n) is 18.7. The number of hydrogen-bond donors (Lipinski definition) is 0. The highest BCUT2D eigenvalue weighted by Crippen LogP contribution is 2.38. The molecule has 0 N–H and O–H groups in total. The highest BCUT2D eigenvalue weighted by molar-refractivity contribution is 9.10. The molecule has 3 heteroatoms. The Kier molecular flexibility index (Phi) is 4.64. The van der Waals surface area contributed by atoms with Crippen molar-refractivity contribution in [2.75, 3.05) is 0 Å². The Hall–Kier alpha value is -4.08. The Bertz CT molecular complexity index is 1910. The first-order chi connectivity index (χ1) is 17.2. The monoisotopic (exact) mass is 510 g/mol. The molecule has 0 saturated carbocycles. The summed E-state index contributed by atoms with van der Waals surface area (Å²) in [4.78, 5) is 10.2. The van der Waals surface area contributed by atoms with Crippen LogP contribution in [0, 0.1) is 0 Å². The lowest BCUT2D eigenvalue weighted by molar-refractivity contribution is 1.40. The molecule has 2 heterocycles. The number of pyridine rings is 2. The maximum Gasteiger partial charge on any atom is 0.0794 e. The van der Waals surface area contributed by atoms with Crippen LogP contribution in [0.3, 0.4) is 0 Å². The number of nitrogens with zero attached hydrogens (tertiary/aromatic N) is 2. The molecule has 0 amide bonds. The van der Waals surface area contributed by atoms with Crippen LogP contribution in [0.2, 0.25) is 0 Å². The van der Waals surface area contributed by atoms with E-state index in [1.54, 1.807) is 0 Å². The third-order valence-corrected chi connectivity index (χ3v) is 7.23. The lowest BCUT2D eigenvalue weighted by atomic mass is 9.96. The minimum Gasteiger partial charge on any atom is -0.248 e. The van der Waals surface area contributed by atoms with E-state index in [2.05, 4.69) is 125 Å². The first-order valence-electron chi connectivity index (χ1n) is 11.6. The van der Waals surface area contributed by atoms with Gasteiger partial charge in [-0.3, -0.25) is 0 Å². The van der Waals surface area contributed by atoms with E-state index in [9.17, 15) is 0 Å². The zero-order chi connectivity index (χ0) is 23.4. The summed E-state index contributed by atoms with van der Waals surface area (Å²) < 4.78 is 1.05. The van der Waals surface area contributed by atoms with E-state index in [1.807, 2.05) is 6.07 Å². The average Bonchev–Trinajstić information content (AvgIpc) is 2.92. The van der Waals surface area contributed by atoms with Crippen LogP contribution in [0.15, 0.2) is 120 Å². The molecule has 35 heavy (non-hydrogen) atoms. The van der Waals surface area contributed by atoms with Crippen molar-refractivity contribution in [3.63, 3.8) is 0 Å². The maximum atomic E-state index is 5.13. The molecule has 5 aromatic carbocycles. The summed E-state index contributed by atoms with van der Waals surface area (Å²) in [7, 11) is 0. The van der Waals surface area contributed by atoms with Crippen LogP contribution >= 0.6 is 15.9 Å². The summed E-state index contributed by atoms with van der Waals surface area (Å²) in [5.41, 5.74) is 6.14. The van der Waals surface area contributed by atoms with E-state index in [0.29, 0.717) is 0 Å². The van der Waals surface area contributed by atoms with E-state index >= 15 is 0 Å². The van der Waals surface area contributed by atoms with Crippen molar-refractivity contribution in [1.82, 2.24) is 9.97 Å². The molecule has 0 aliphatic carbocycles. The third kappa shape index (κ3) is 3.39. The standard InChI is InChI=1S/C32H19BrN2/c33-24-13-11-21(12-14-24)32-31-26(25-7-3-4-8-29(25)35-32)15-18-30-27(31)16-17-28(34-30)23-10-9-20-5-1-2-6-22(20)19-23/h1-19H. The summed E-state index contributed by atoms with van der Waals surface area (Å²) in [5.74, 6) is 0. The number of aromatic nitrogens is 2. The van der Waals surface area contributed by atoms with Crippen LogP contribution in [0.4, 0.5) is 0 Å². The van der Waals surface area contributed by atoms with Gasteiger partial charge in [0.25, 0.3) is 0 Å². The highest BCUT2D eigenvalue weighted by Gasteiger charge is 2.14. The van der Waals surface area contributed by atoms with Crippen molar-refractivity contribution in [2.24, 2.45) is 0 Å². The quantitative estimate of drug-likeness (QED) is 0.216. The number of fused-ring (bicyclic) bond motifs is 6. The van der Waals surface area contributed by atoms with E-state index in [4.69, 9.17) is 9.97 Å². The van der Waals surface area contributed by atoms with Gasteiger partial charge in [0, 0.05) is 31.8 Å². The molecule has 0 fully saturated rings. The normalized spacial score (nSPS) is 11.6. The van der Waals surface area contributed by atoms with Gasteiger partial charge in [-0.15, -0.1) is 0 Å². The zero-order valence-corrected chi connectivity index (χ0v) is 20.3. The minimum atomic E-state index is 0.971. The number of benzene rings is 5. The Labute approximate surface area is 211 Å². The molecule has 2 aromatic heterocycles. The molecule has 0 spiro atoms.